The molecule has 2 rings (SSSR count). The van der Waals surface area contributed by atoms with Crippen LogP contribution in [0.1, 0.15) is 26.3 Å². The van der Waals surface area contributed by atoms with Crippen molar-refractivity contribution in [1.82, 2.24) is 10.6 Å². The Morgan fingerprint density at radius 2 is 1.62 bits per heavy atom. The van der Waals surface area contributed by atoms with Crippen molar-refractivity contribution >= 4 is 21.7 Å². The van der Waals surface area contributed by atoms with Crippen molar-refractivity contribution in [2.24, 2.45) is 0 Å². The minimum atomic E-state index is -3.53. The maximum atomic E-state index is 13.5. The van der Waals surface area contributed by atoms with Crippen LogP contribution in [0, 0.1) is 12.7 Å². The summed E-state index contributed by atoms with van der Waals surface area (Å²) in [6.07, 6.45) is 1.03. The first kappa shape index (κ1) is 19.6. The molecule has 0 bridgehead atoms. The lowest BCUT2D eigenvalue weighted by atomic mass is 10.1. The molecule has 0 spiro atoms. The van der Waals surface area contributed by atoms with Crippen LogP contribution < -0.4 is 10.6 Å². The summed E-state index contributed by atoms with van der Waals surface area (Å²) in [5.41, 5.74) is 0.669. The summed E-state index contributed by atoms with van der Waals surface area (Å²) in [5.74, 6) is -1.49. The molecule has 2 amide bonds. The zero-order valence-corrected chi connectivity index (χ0v) is 15.2. The molecule has 0 aliphatic rings. The third-order valence-corrected chi connectivity index (χ3v) is 4.82. The molecular formula is C18H19FN2O4S. The number of rotatable bonds is 6. The van der Waals surface area contributed by atoms with Gasteiger partial charge in [0.1, 0.15) is 5.82 Å². The fourth-order valence-corrected chi connectivity index (χ4v) is 3.15. The molecule has 138 valence electrons. The molecule has 0 aliphatic heterocycles. The summed E-state index contributed by atoms with van der Waals surface area (Å²) >= 11 is 0. The zero-order chi connectivity index (χ0) is 19.3. The number of benzene rings is 2. The number of carbonyl (C=O) groups excluding carboxylic acids is 2. The van der Waals surface area contributed by atoms with Crippen LogP contribution in [0.15, 0.2) is 47.4 Å². The van der Waals surface area contributed by atoms with E-state index in [0.717, 1.165) is 12.3 Å². The molecule has 0 atom stereocenters. The second-order valence-corrected chi connectivity index (χ2v) is 7.73. The van der Waals surface area contributed by atoms with Crippen LogP contribution in [0.4, 0.5) is 4.39 Å². The van der Waals surface area contributed by atoms with Gasteiger partial charge in [-0.05, 0) is 36.8 Å². The SMILES string of the molecule is Cc1ccc(C(=O)NCCNC(=O)c2ccccc2S(C)(=O)=O)cc1F. The quantitative estimate of drug-likeness (QED) is 0.749. The number of amides is 2. The van der Waals surface area contributed by atoms with Gasteiger partial charge in [0.25, 0.3) is 11.8 Å². The Kier molecular flexibility index (Phi) is 6.10. The van der Waals surface area contributed by atoms with Crippen molar-refractivity contribution in [1.29, 1.82) is 0 Å². The summed E-state index contributed by atoms with van der Waals surface area (Å²) in [6, 6.07) is 10.0. The Hall–Kier alpha value is -2.74. The van der Waals surface area contributed by atoms with E-state index in [1.807, 2.05) is 0 Å². The van der Waals surface area contributed by atoms with E-state index in [-0.39, 0.29) is 29.1 Å². The first-order valence-electron chi connectivity index (χ1n) is 7.82. The van der Waals surface area contributed by atoms with E-state index in [1.165, 1.54) is 30.3 Å². The van der Waals surface area contributed by atoms with Crippen molar-refractivity contribution < 1.29 is 22.4 Å². The largest absolute Gasteiger partial charge is 0.350 e. The lowest BCUT2D eigenvalue weighted by Gasteiger charge is -2.10. The van der Waals surface area contributed by atoms with Gasteiger partial charge < -0.3 is 10.6 Å². The highest BCUT2D eigenvalue weighted by atomic mass is 32.2. The number of hydrogen-bond acceptors (Lipinski definition) is 4. The second-order valence-electron chi connectivity index (χ2n) is 5.74. The summed E-state index contributed by atoms with van der Waals surface area (Å²) < 4.78 is 36.9. The summed E-state index contributed by atoms with van der Waals surface area (Å²) in [6.45, 7) is 1.80. The molecule has 0 saturated carbocycles. The maximum Gasteiger partial charge on any atom is 0.252 e. The Labute approximate surface area is 151 Å². The van der Waals surface area contributed by atoms with Crippen LogP contribution in [0.2, 0.25) is 0 Å². The number of hydrogen-bond donors (Lipinski definition) is 2. The molecule has 0 radical (unpaired) electrons. The van der Waals surface area contributed by atoms with Gasteiger partial charge in [0.15, 0.2) is 9.84 Å². The van der Waals surface area contributed by atoms with E-state index < -0.39 is 27.5 Å². The van der Waals surface area contributed by atoms with Gasteiger partial charge in [0, 0.05) is 24.9 Å². The van der Waals surface area contributed by atoms with Crippen LogP contribution in [-0.4, -0.2) is 39.6 Å². The monoisotopic (exact) mass is 378 g/mol. The van der Waals surface area contributed by atoms with Crippen LogP contribution >= 0.6 is 0 Å². The van der Waals surface area contributed by atoms with Crippen LogP contribution in [0.25, 0.3) is 0 Å². The third-order valence-electron chi connectivity index (χ3n) is 3.66. The van der Waals surface area contributed by atoms with Gasteiger partial charge in [-0.25, -0.2) is 12.8 Å². The standard InChI is InChI=1S/C18H19FN2O4S/c1-12-7-8-13(11-15(12)19)17(22)20-9-10-21-18(23)14-5-3-4-6-16(14)26(2,24)25/h3-8,11H,9-10H2,1-2H3,(H,20,22)(H,21,23). The fourth-order valence-electron chi connectivity index (χ4n) is 2.26. The highest BCUT2D eigenvalue weighted by Gasteiger charge is 2.17. The van der Waals surface area contributed by atoms with Gasteiger partial charge in [-0.2, -0.15) is 0 Å². The van der Waals surface area contributed by atoms with Gasteiger partial charge in [0.2, 0.25) is 0 Å². The molecule has 8 heteroatoms. The van der Waals surface area contributed by atoms with Crippen molar-refractivity contribution in [2.75, 3.05) is 19.3 Å². The molecular weight excluding hydrogens is 359 g/mol. The minimum Gasteiger partial charge on any atom is -0.350 e. The molecule has 0 aromatic heterocycles. The topological polar surface area (TPSA) is 92.3 Å². The van der Waals surface area contributed by atoms with E-state index in [2.05, 4.69) is 10.6 Å². The van der Waals surface area contributed by atoms with Crippen LogP contribution in [0.3, 0.4) is 0 Å². The molecule has 6 nitrogen and oxygen atoms in total. The van der Waals surface area contributed by atoms with Gasteiger partial charge in [-0.3, -0.25) is 9.59 Å². The molecule has 2 N–H and O–H groups in total. The highest BCUT2D eigenvalue weighted by Crippen LogP contribution is 2.15. The summed E-state index contributed by atoms with van der Waals surface area (Å²) in [7, 11) is -3.53. The fraction of sp³-hybridized carbons (Fsp3) is 0.222. The van der Waals surface area contributed by atoms with E-state index in [1.54, 1.807) is 13.0 Å². The lowest BCUT2D eigenvalue weighted by molar-refractivity contribution is 0.0926. The second kappa shape index (κ2) is 8.09. The predicted molar refractivity (Wildman–Crippen MR) is 95.4 cm³/mol. The molecule has 2 aromatic carbocycles. The van der Waals surface area contributed by atoms with Gasteiger partial charge in [-0.1, -0.05) is 18.2 Å². The number of sulfone groups is 1. The lowest BCUT2D eigenvalue weighted by Crippen LogP contribution is -2.35. The Balaban J connectivity index is 1.91. The number of halogens is 1. The minimum absolute atomic E-state index is 0.0435. The normalized spacial score (nSPS) is 11.0. The number of carbonyl (C=O) groups is 2. The third kappa shape index (κ3) is 4.89. The Morgan fingerprint density at radius 3 is 2.23 bits per heavy atom. The van der Waals surface area contributed by atoms with Crippen molar-refractivity contribution in [2.45, 2.75) is 11.8 Å². The average Bonchev–Trinajstić information content (AvgIpc) is 2.60. The number of nitrogens with one attached hydrogen (secondary N) is 2. The Bertz CT molecular complexity index is 942. The van der Waals surface area contributed by atoms with Gasteiger partial charge in [0.05, 0.1) is 10.5 Å². The summed E-state index contributed by atoms with van der Waals surface area (Å²) in [5, 5.41) is 5.11. The van der Waals surface area contributed by atoms with Gasteiger partial charge >= 0.3 is 0 Å². The molecule has 26 heavy (non-hydrogen) atoms. The molecule has 0 heterocycles. The summed E-state index contributed by atoms with van der Waals surface area (Å²) in [4.78, 5) is 24.1. The van der Waals surface area contributed by atoms with E-state index in [0.29, 0.717) is 5.56 Å². The van der Waals surface area contributed by atoms with E-state index in [9.17, 15) is 22.4 Å². The molecule has 0 saturated heterocycles. The van der Waals surface area contributed by atoms with Crippen LogP contribution in [-0.2, 0) is 9.84 Å². The van der Waals surface area contributed by atoms with E-state index in [4.69, 9.17) is 0 Å². The highest BCUT2D eigenvalue weighted by molar-refractivity contribution is 7.90. The average molecular weight is 378 g/mol. The first-order valence-corrected chi connectivity index (χ1v) is 9.71. The van der Waals surface area contributed by atoms with Crippen molar-refractivity contribution in [3.63, 3.8) is 0 Å². The molecule has 0 unspecified atom stereocenters. The molecule has 0 aliphatic carbocycles. The van der Waals surface area contributed by atoms with E-state index >= 15 is 0 Å². The smallest absolute Gasteiger partial charge is 0.252 e. The molecule has 2 aromatic rings. The zero-order valence-electron chi connectivity index (χ0n) is 14.4. The maximum absolute atomic E-state index is 13.5. The first-order chi connectivity index (χ1) is 12.2. The predicted octanol–water partition coefficient (Wildman–Crippen LogP) is 1.70. The van der Waals surface area contributed by atoms with Crippen LogP contribution in [0.5, 0.6) is 0 Å². The van der Waals surface area contributed by atoms with Crippen molar-refractivity contribution in [3.8, 4) is 0 Å². The van der Waals surface area contributed by atoms with Gasteiger partial charge in [-0.15, -0.1) is 0 Å². The number of aryl methyl sites for hydroxylation is 1. The Morgan fingerprint density at radius 1 is 1.00 bits per heavy atom. The molecule has 0 fully saturated rings. The van der Waals surface area contributed by atoms with Crippen molar-refractivity contribution in [3.05, 3.63) is 65.0 Å².